The predicted octanol–water partition coefficient (Wildman–Crippen LogP) is 1.57. The van der Waals surface area contributed by atoms with Crippen molar-refractivity contribution in [3.05, 3.63) is 0 Å². The van der Waals surface area contributed by atoms with Gasteiger partial charge < -0.3 is 10.2 Å². The monoisotopic (exact) mass is 214 g/mol. The minimum Gasteiger partial charge on any atom is -0.313 e. The second kappa shape index (κ2) is 5.38. The molecule has 2 aliphatic heterocycles. The molecule has 0 aromatic heterocycles. The fraction of sp³-hybridized carbons (Fsp3) is 1.00. The first kappa shape index (κ1) is 10.8. The van der Waals surface area contributed by atoms with Crippen LogP contribution >= 0.6 is 11.8 Å². The van der Waals surface area contributed by atoms with Gasteiger partial charge in [0.1, 0.15) is 0 Å². The molecule has 0 radical (unpaired) electrons. The van der Waals surface area contributed by atoms with E-state index in [9.17, 15) is 0 Å². The zero-order valence-corrected chi connectivity index (χ0v) is 9.98. The summed E-state index contributed by atoms with van der Waals surface area (Å²) in [5, 5.41) is 4.53. The normalized spacial score (nSPS) is 34.9. The van der Waals surface area contributed by atoms with E-state index in [-0.39, 0.29) is 0 Å². The van der Waals surface area contributed by atoms with Crippen LogP contribution in [0.1, 0.15) is 25.7 Å². The molecule has 82 valence electrons. The fourth-order valence-corrected chi connectivity index (χ4v) is 3.25. The Morgan fingerprint density at radius 1 is 1.36 bits per heavy atom. The standard InChI is InChI=1S/C11H22N2S/c1-14-11-5-7-13(9-11)8-10-4-2-3-6-12-10/h10-12H,2-9H2,1H3. The van der Waals surface area contributed by atoms with Crippen LogP contribution in [-0.2, 0) is 0 Å². The highest BCUT2D eigenvalue weighted by atomic mass is 32.2. The minimum atomic E-state index is 0.782. The van der Waals surface area contributed by atoms with Gasteiger partial charge in [-0.3, -0.25) is 0 Å². The molecule has 0 bridgehead atoms. The molecular formula is C11H22N2S. The van der Waals surface area contributed by atoms with E-state index in [1.165, 1.54) is 51.9 Å². The summed E-state index contributed by atoms with van der Waals surface area (Å²) < 4.78 is 0. The van der Waals surface area contributed by atoms with Crippen molar-refractivity contribution >= 4 is 11.8 Å². The second-order valence-electron chi connectivity index (χ2n) is 4.55. The van der Waals surface area contributed by atoms with E-state index in [1.54, 1.807) is 0 Å². The number of nitrogens with one attached hydrogen (secondary N) is 1. The van der Waals surface area contributed by atoms with Gasteiger partial charge in [0.05, 0.1) is 0 Å². The highest BCUT2D eigenvalue weighted by Crippen LogP contribution is 2.21. The summed E-state index contributed by atoms with van der Waals surface area (Å²) in [6, 6.07) is 0.782. The van der Waals surface area contributed by atoms with Gasteiger partial charge in [0.2, 0.25) is 0 Å². The van der Waals surface area contributed by atoms with E-state index in [4.69, 9.17) is 0 Å². The average molecular weight is 214 g/mol. The van der Waals surface area contributed by atoms with Gasteiger partial charge in [-0.2, -0.15) is 11.8 Å². The van der Waals surface area contributed by atoms with Crippen LogP contribution in [0.4, 0.5) is 0 Å². The molecule has 1 N–H and O–H groups in total. The molecule has 2 saturated heterocycles. The van der Waals surface area contributed by atoms with Gasteiger partial charge in [0.25, 0.3) is 0 Å². The molecule has 0 saturated carbocycles. The number of nitrogens with zero attached hydrogens (tertiary/aromatic N) is 1. The van der Waals surface area contributed by atoms with E-state index >= 15 is 0 Å². The first-order valence-electron chi connectivity index (χ1n) is 5.87. The molecule has 0 spiro atoms. The number of piperidine rings is 1. The average Bonchev–Trinajstić information content (AvgIpc) is 2.67. The highest BCUT2D eigenvalue weighted by Gasteiger charge is 2.24. The molecule has 2 aliphatic rings. The van der Waals surface area contributed by atoms with Gasteiger partial charge in [0.15, 0.2) is 0 Å². The fourth-order valence-electron chi connectivity index (χ4n) is 2.55. The first-order chi connectivity index (χ1) is 6.88. The van der Waals surface area contributed by atoms with Crippen LogP contribution in [-0.4, -0.2) is 48.6 Å². The highest BCUT2D eigenvalue weighted by molar-refractivity contribution is 7.99. The van der Waals surface area contributed by atoms with Gasteiger partial charge in [-0.25, -0.2) is 0 Å². The molecule has 3 heteroatoms. The molecule has 2 atom stereocenters. The summed E-state index contributed by atoms with van der Waals surface area (Å²) >= 11 is 2.04. The summed E-state index contributed by atoms with van der Waals surface area (Å²) in [7, 11) is 0. The van der Waals surface area contributed by atoms with Crippen molar-refractivity contribution in [2.24, 2.45) is 0 Å². The van der Waals surface area contributed by atoms with Crippen LogP contribution in [0.3, 0.4) is 0 Å². The molecule has 2 heterocycles. The quantitative estimate of drug-likeness (QED) is 0.768. The van der Waals surface area contributed by atoms with Crippen LogP contribution in [0.5, 0.6) is 0 Å². The lowest BCUT2D eigenvalue weighted by atomic mass is 10.0. The molecule has 0 aromatic carbocycles. The maximum absolute atomic E-state index is 3.63. The number of hydrogen-bond donors (Lipinski definition) is 1. The Morgan fingerprint density at radius 3 is 2.93 bits per heavy atom. The largest absolute Gasteiger partial charge is 0.313 e. The Kier molecular flexibility index (Phi) is 4.14. The number of rotatable bonds is 3. The Balaban J connectivity index is 1.69. The van der Waals surface area contributed by atoms with Crippen molar-refractivity contribution in [1.29, 1.82) is 0 Å². The molecule has 2 fully saturated rings. The van der Waals surface area contributed by atoms with Crippen LogP contribution < -0.4 is 5.32 Å². The number of likely N-dealkylation sites (tertiary alicyclic amines) is 1. The van der Waals surface area contributed by atoms with E-state index in [1.807, 2.05) is 11.8 Å². The SMILES string of the molecule is CSC1CCN(CC2CCCCN2)C1. The lowest BCUT2D eigenvalue weighted by molar-refractivity contribution is 0.264. The zero-order valence-electron chi connectivity index (χ0n) is 9.17. The summed E-state index contributed by atoms with van der Waals surface area (Å²) in [6.07, 6.45) is 7.84. The molecule has 14 heavy (non-hydrogen) atoms. The molecule has 0 aromatic rings. The molecule has 0 amide bonds. The van der Waals surface area contributed by atoms with Crippen molar-refractivity contribution in [3.8, 4) is 0 Å². The maximum atomic E-state index is 3.63. The van der Waals surface area contributed by atoms with Crippen molar-refractivity contribution in [1.82, 2.24) is 10.2 Å². The Hall–Kier alpha value is 0.270. The zero-order chi connectivity index (χ0) is 9.80. The summed E-state index contributed by atoms with van der Waals surface area (Å²) in [5.41, 5.74) is 0. The minimum absolute atomic E-state index is 0.782. The maximum Gasteiger partial charge on any atom is 0.0195 e. The van der Waals surface area contributed by atoms with Gasteiger partial charge in [-0.15, -0.1) is 0 Å². The summed E-state index contributed by atoms with van der Waals surface area (Å²) in [6.45, 7) is 5.17. The van der Waals surface area contributed by atoms with E-state index in [0.29, 0.717) is 0 Å². The van der Waals surface area contributed by atoms with Crippen LogP contribution in [0.15, 0.2) is 0 Å². The van der Waals surface area contributed by atoms with Crippen LogP contribution in [0.25, 0.3) is 0 Å². The van der Waals surface area contributed by atoms with E-state index in [0.717, 1.165) is 11.3 Å². The topological polar surface area (TPSA) is 15.3 Å². The third-order valence-corrected chi connectivity index (χ3v) is 4.50. The molecule has 2 unspecified atom stereocenters. The molecule has 2 nitrogen and oxygen atoms in total. The lowest BCUT2D eigenvalue weighted by Crippen LogP contribution is -2.43. The van der Waals surface area contributed by atoms with Gasteiger partial charge in [-0.05, 0) is 38.6 Å². The van der Waals surface area contributed by atoms with Gasteiger partial charge in [0, 0.05) is 24.4 Å². The molecule has 2 rings (SSSR count). The van der Waals surface area contributed by atoms with E-state index in [2.05, 4.69) is 16.5 Å². The summed E-state index contributed by atoms with van der Waals surface area (Å²) in [5.74, 6) is 0. The Bertz CT molecular complexity index is 169. The van der Waals surface area contributed by atoms with Gasteiger partial charge >= 0.3 is 0 Å². The van der Waals surface area contributed by atoms with Crippen molar-refractivity contribution in [2.45, 2.75) is 37.0 Å². The third-order valence-electron chi connectivity index (χ3n) is 3.45. The molecule has 0 aliphatic carbocycles. The predicted molar refractivity (Wildman–Crippen MR) is 64.0 cm³/mol. The lowest BCUT2D eigenvalue weighted by Gasteiger charge is -2.27. The second-order valence-corrected chi connectivity index (χ2v) is 5.69. The Morgan fingerprint density at radius 2 is 2.29 bits per heavy atom. The van der Waals surface area contributed by atoms with Crippen LogP contribution in [0, 0.1) is 0 Å². The number of hydrogen-bond acceptors (Lipinski definition) is 3. The Labute approximate surface area is 91.8 Å². The third kappa shape index (κ3) is 2.88. The van der Waals surface area contributed by atoms with Crippen molar-refractivity contribution in [2.75, 3.05) is 32.4 Å². The molecular weight excluding hydrogens is 192 g/mol. The van der Waals surface area contributed by atoms with Crippen molar-refractivity contribution in [3.63, 3.8) is 0 Å². The summed E-state index contributed by atoms with van der Waals surface area (Å²) in [4.78, 5) is 2.64. The number of thioether (sulfide) groups is 1. The van der Waals surface area contributed by atoms with Crippen LogP contribution in [0.2, 0.25) is 0 Å². The smallest absolute Gasteiger partial charge is 0.0195 e. The van der Waals surface area contributed by atoms with E-state index < -0.39 is 0 Å². The van der Waals surface area contributed by atoms with Crippen molar-refractivity contribution < 1.29 is 0 Å². The van der Waals surface area contributed by atoms with Gasteiger partial charge in [-0.1, -0.05) is 6.42 Å². The first-order valence-corrected chi connectivity index (χ1v) is 7.16.